The number of hydrogen-bond donors (Lipinski definition) is 2. The zero-order chi connectivity index (χ0) is 6.97. The summed E-state index contributed by atoms with van der Waals surface area (Å²) in [4.78, 5) is 11.1. The van der Waals surface area contributed by atoms with Crippen LogP contribution >= 0.6 is 0 Å². The van der Waals surface area contributed by atoms with Gasteiger partial charge in [-0.3, -0.25) is 4.79 Å². The molecule has 0 unspecified atom stereocenters. The van der Waals surface area contributed by atoms with Crippen LogP contribution in [0.25, 0.3) is 0 Å². The maximum atomic E-state index is 11.1. The molecule has 56 valence electrons. The molecule has 3 heteroatoms. The van der Waals surface area contributed by atoms with E-state index in [2.05, 4.69) is 10.6 Å². The lowest BCUT2D eigenvalue weighted by molar-refractivity contribution is -0.124. The van der Waals surface area contributed by atoms with Crippen molar-refractivity contribution in [3.63, 3.8) is 0 Å². The molecule has 0 spiro atoms. The Kier molecular flexibility index (Phi) is 1.38. The van der Waals surface area contributed by atoms with Crippen molar-refractivity contribution < 1.29 is 4.79 Å². The third-order valence-electron chi connectivity index (χ3n) is 2.41. The van der Waals surface area contributed by atoms with Crippen LogP contribution in [0.2, 0.25) is 0 Å². The molecule has 0 aromatic heterocycles. The summed E-state index contributed by atoms with van der Waals surface area (Å²) in [7, 11) is 0. The standard InChI is InChI=1S/C7H12N2O/c10-7-5-1-2-6(4-9-7)8-3-5/h5-6,8H,1-4H2,(H,9,10)/t5-,6+/m0/s1. The van der Waals surface area contributed by atoms with Gasteiger partial charge in [-0.2, -0.15) is 0 Å². The molecule has 0 aliphatic carbocycles. The van der Waals surface area contributed by atoms with E-state index in [0.29, 0.717) is 6.04 Å². The summed E-state index contributed by atoms with van der Waals surface area (Å²) in [6, 6.07) is 0.544. The van der Waals surface area contributed by atoms with Gasteiger partial charge in [-0.05, 0) is 12.8 Å². The normalized spacial score (nSPS) is 39.0. The average Bonchev–Trinajstić information content (AvgIpc) is 2.24. The van der Waals surface area contributed by atoms with Gasteiger partial charge in [0.15, 0.2) is 0 Å². The molecule has 0 aromatic rings. The highest BCUT2D eigenvalue weighted by atomic mass is 16.1. The fraction of sp³-hybridized carbons (Fsp3) is 0.857. The number of piperidine rings is 1. The summed E-state index contributed by atoms with van der Waals surface area (Å²) < 4.78 is 0. The largest absolute Gasteiger partial charge is 0.354 e. The number of fused-ring (bicyclic) bond motifs is 4. The van der Waals surface area contributed by atoms with Gasteiger partial charge in [0, 0.05) is 19.1 Å². The Morgan fingerprint density at radius 2 is 2.20 bits per heavy atom. The second-order valence-electron chi connectivity index (χ2n) is 3.12. The molecule has 2 bridgehead atoms. The van der Waals surface area contributed by atoms with Gasteiger partial charge in [0.1, 0.15) is 0 Å². The lowest BCUT2D eigenvalue weighted by atomic mass is 9.97. The van der Waals surface area contributed by atoms with Gasteiger partial charge in [-0.25, -0.2) is 0 Å². The Labute approximate surface area is 60.2 Å². The Morgan fingerprint density at radius 1 is 1.30 bits per heavy atom. The molecular formula is C7H12N2O. The lowest BCUT2D eigenvalue weighted by Crippen LogP contribution is -2.38. The maximum absolute atomic E-state index is 11.1. The van der Waals surface area contributed by atoms with Crippen LogP contribution < -0.4 is 10.6 Å². The minimum absolute atomic E-state index is 0.243. The molecule has 3 rings (SSSR count). The number of hydrogen-bond acceptors (Lipinski definition) is 2. The molecule has 3 fully saturated rings. The quantitative estimate of drug-likeness (QED) is 0.475. The fourth-order valence-electron chi connectivity index (χ4n) is 1.68. The van der Waals surface area contributed by atoms with Gasteiger partial charge in [0.2, 0.25) is 5.91 Å². The van der Waals surface area contributed by atoms with Crippen molar-refractivity contribution in [1.82, 2.24) is 10.6 Å². The first-order valence-electron chi connectivity index (χ1n) is 3.87. The van der Waals surface area contributed by atoms with Gasteiger partial charge in [0.05, 0.1) is 5.92 Å². The molecular weight excluding hydrogens is 128 g/mol. The van der Waals surface area contributed by atoms with E-state index in [0.717, 1.165) is 25.9 Å². The second kappa shape index (κ2) is 2.23. The van der Waals surface area contributed by atoms with Crippen molar-refractivity contribution in [2.75, 3.05) is 13.1 Å². The number of amides is 1. The average molecular weight is 140 g/mol. The number of nitrogens with one attached hydrogen (secondary N) is 2. The highest BCUT2D eigenvalue weighted by Gasteiger charge is 2.29. The van der Waals surface area contributed by atoms with E-state index in [-0.39, 0.29) is 11.8 Å². The van der Waals surface area contributed by atoms with Crippen molar-refractivity contribution >= 4 is 5.91 Å². The third kappa shape index (κ3) is 0.904. The summed E-state index contributed by atoms with van der Waals surface area (Å²) in [6.45, 7) is 1.71. The van der Waals surface area contributed by atoms with Crippen molar-refractivity contribution in [1.29, 1.82) is 0 Å². The molecule has 3 saturated heterocycles. The Morgan fingerprint density at radius 3 is 2.90 bits per heavy atom. The van der Waals surface area contributed by atoms with Crippen LogP contribution in [0.3, 0.4) is 0 Å². The molecule has 1 amide bonds. The first-order chi connectivity index (χ1) is 4.86. The Balaban J connectivity index is 2.14. The van der Waals surface area contributed by atoms with Crippen LogP contribution in [0.4, 0.5) is 0 Å². The van der Waals surface area contributed by atoms with Gasteiger partial charge >= 0.3 is 0 Å². The monoisotopic (exact) mass is 140 g/mol. The predicted molar refractivity (Wildman–Crippen MR) is 37.5 cm³/mol. The van der Waals surface area contributed by atoms with E-state index < -0.39 is 0 Å². The van der Waals surface area contributed by atoms with Crippen molar-refractivity contribution in [2.45, 2.75) is 18.9 Å². The molecule has 3 aliphatic heterocycles. The molecule has 10 heavy (non-hydrogen) atoms. The second-order valence-corrected chi connectivity index (χ2v) is 3.12. The summed E-state index contributed by atoms with van der Waals surface area (Å²) in [5.41, 5.74) is 0. The van der Waals surface area contributed by atoms with Gasteiger partial charge in [0.25, 0.3) is 0 Å². The van der Waals surface area contributed by atoms with Crippen LogP contribution in [0.1, 0.15) is 12.8 Å². The van der Waals surface area contributed by atoms with Gasteiger partial charge in [-0.15, -0.1) is 0 Å². The highest BCUT2D eigenvalue weighted by molar-refractivity contribution is 5.79. The summed E-state index contributed by atoms with van der Waals surface area (Å²) in [5, 5.41) is 6.23. The van der Waals surface area contributed by atoms with Crippen LogP contribution in [0, 0.1) is 5.92 Å². The number of rotatable bonds is 0. The van der Waals surface area contributed by atoms with Gasteiger partial charge in [-0.1, -0.05) is 0 Å². The fourth-order valence-corrected chi connectivity index (χ4v) is 1.68. The maximum Gasteiger partial charge on any atom is 0.224 e. The zero-order valence-electron chi connectivity index (χ0n) is 5.89. The highest BCUT2D eigenvalue weighted by Crippen LogP contribution is 2.16. The molecule has 3 heterocycles. The van der Waals surface area contributed by atoms with E-state index >= 15 is 0 Å². The first kappa shape index (κ1) is 6.16. The number of carbonyl (C=O) groups excluding carboxylic acids is 1. The predicted octanol–water partition coefficient (Wildman–Crippen LogP) is -0.516. The lowest BCUT2D eigenvalue weighted by Gasteiger charge is -2.21. The SMILES string of the molecule is O=C1NC[C@H]2CC[C@H]1CN2. The third-order valence-corrected chi connectivity index (χ3v) is 2.41. The Bertz CT molecular complexity index is 150. The topological polar surface area (TPSA) is 41.1 Å². The van der Waals surface area contributed by atoms with Crippen LogP contribution in [-0.2, 0) is 4.79 Å². The molecule has 0 aromatic carbocycles. The molecule has 2 N–H and O–H groups in total. The molecule has 2 atom stereocenters. The van der Waals surface area contributed by atoms with E-state index in [1.807, 2.05) is 0 Å². The summed E-state index contributed by atoms with van der Waals surface area (Å²) >= 11 is 0. The van der Waals surface area contributed by atoms with Crippen molar-refractivity contribution in [3.8, 4) is 0 Å². The molecule has 3 nitrogen and oxygen atoms in total. The van der Waals surface area contributed by atoms with Gasteiger partial charge < -0.3 is 10.6 Å². The van der Waals surface area contributed by atoms with Crippen molar-refractivity contribution in [2.24, 2.45) is 5.92 Å². The summed E-state index contributed by atoms with van der Waals surface area (Å²) in [5.74, 6) is 0.492. The first-order valence-corrected chi connectivity index (χ1v) is 3.87. The van der Waals surface area contributed by atoms with Crippen molar-refractivity contribution in [3.05, 3.63) is 0 Å². The van der Waals surface area contributed by atoms with E-state index in [1.54, 1.807) is 0 Å². The summed E-state index contributed by atoms with van der Waals surface area (Å²) in [6.07, 6.45) is 2.23. The molecule has 0 radical (unpaired) electrons. The number of carbonyl (C=O) groups is 1. The Hall–Kier alpha value is -0.570. The van der Waals surface area contributed by atoms with Crippen LogP contribution in [-0.4, -0.2) is 25.0 Å². The van der Waals surface area contributed by atoms with E-state index in [4.69, 9.17) is 0 Å². The smallest absolute Gasteiger partial charge is 0.224 e. The zero-order valence-corrected chi connectivity index (χ0v) is 5.89. The molecule has 3 aliphatic rings. The minimum Gasteiger partial charge on any atom is -0.354 e. The van der Waals surface area contributed by atoms with E-state index in [1.165, 1.54) is 0 Å². The molecule has 0 saturated carbocycles. The van der Waals surface area contributed by atoms with E-state index in [9.17, 15) is 4.79 Å². The minimum atomic E-state index is 0.243. The van der Waals surface area contributed by atoms with Crippen LogP contribution in [0.5, 0.6) is 0 Å². The van der Waals surface area contributed by atoms with Crippen LogP contribution in [0.15, 0.2) is 0 Å².